The molecular formula is C16H26N6. The molecule has 0 unspecified atom stereocenters. The van der Waals surface area contributed by atoms with Gasteiger partial charge in [0.15, 0.2) is 0 Å². The number of fused-ring (bicyclic) bond motifs is 1. The van der Waals surface area contributed by atoms with Crippen molar-refractivity contribution in [3.05, 3.63) is 30.4 Å². The first kappa shape index (κ1) is 15.2. The van der Waals surface area contributed by atoms with Gasteiger partial charge in [0.05, 0.1) is 6.54 Å². The maximum absolute atomic E-state index is 4.42. The highest BCUT2D eigenvalue weighted by Gasteiger charge is 2.20. The summed E-state index contributed by atoms with van der Waals surface area (Å²) in [5.74, 6) is 3.57. The van der Waals surface area contributed by atoms with Crippen LogP contribution in [0.15, 0.2) is 18.7 Å². The molecule has 3 heterocycles. The van der Waals surface area contributed by atoms with E-state index >= 15 is 0 Å². The van der Waals surface area contributed by atoms with E-state index in [4.69, 9.17) is 0 Å². The van der Waals surface area contributed by atoms with E-state index in [1.807, 2.05) is 10.9 Å². The molecule has 6 heteroatoms. The van der Waals surface area contributed by atoms with Crippen LogP contribution in [-0.4, -0.2) is 42.8 Å². The zero-order valence-corrected chi connectivity index (χ0v) is 13.8. The fourth-order valence-electron chi connectivity index (χ4n) is 3.24. The van der Waals surface area contributed by atoms with Gasteiger partial charge < -0.3 is 4.57 Å². The predicted octanol–water partition coefficient (Wildman–Crippen LogP) is 1.82. The van der Waals surface area contributed by atoms with Crippen LogP contribution < -0.4 is 0 Å². The van der Waals surface area contributed by atoms with Crippen LogP contribution >= 0.6 is 0 Å². The fraction of sp³-hybridized carbons (Fsp3) is 0.688. The zero-order chi connectivity index (χ0) is 15.5. The normalized spacial score (nSPS) is 18.1. The van der Waals surface area contributed by atoms with Crippen LogP contribution in [-0.2, 0) is 26.1 Å². The third-order valence-corrected chi connectivity index (χ3v) is 4.25. The van der Waals surface area contributed by atoms with Gasteiger partial charge in [0.1, 0.15) is 18.0 Å². The van der Waals surface area contributed by atoms with E-state index < -0.39 is 0 Å². The smallest absolute Gasteiger partial charge is 0.141 e. The molecule has 2 aromatic rings. The maximum Gasteiger partial charge on any atom is 0.141 e. The van der Waals surface area contributed by atoms with E-state index in [0.717, 1.165) is 38.4 Å². The van der Waals surface area contributed by atoms with Crippen molar-refractivity contribution in [3.63, 3.8) is 0 Å². The molecule has 0 amide bonds. The quantitative estimate of drug-likeness (QED) is 0.817. The molecular weight excluding hydrogens is 276 g/mol. The Balaban J connectivity index is 1.55. The molecule has 0 aromatic carbocycles. The van der Waals surface area contributed by atoms with Gasteiger partial charge in [-0.25, -0.2) is 14.6 Å². The van der Waals surface area contributed by atoms with Gasteiger partial charge in [0, 0.05) is 38.4 Å². The minimum absolute atomic E-state index is 0.587. The molecule has 0 aliphatic carbocycles. The van der Waals surface area contributed by atoms with Crippen LogP contribution in [0.3, 0.4) is 0 Å². The van der Waals surface area contributed by atoms with Gasteiger partial charge in [0.25, 0.3) is 0 Å². The molecule has 0 bridgehead atoms. The molecule has 0 saturated heterocycles. The van der Waals surface area contributed by atoms with Crippen molar-refractivity contribution >= 4 is 0 Å². The summed E-state index contributed by atoms with van der Waals surface area (Å²) in [4.78, 5) is 11.2. The van der Waals surface area contributed by atoms with Gasteiger partial charge in [-0.05, 0) is 25.3 Å². The molecule has 0 saturated carbocycles. The number of hydrogen-bond donors (Lipinski definition) is 0. The Labute approximate surface area is 132 Å². The van der Waals surface area contributed by atoms with E-state index in [2.05, 4.69) is 51.6 Å². The Morgan fingerprint density at radius 1 is 1.36 bits per heavy atom. The van der Waals surface area contributed by atoms with Crippen LogP contribution in [0.4, 0.5) is 0 Å². The SMILES string of the molecule is CC(C)Cn1ncnc1CN(C)C[C@@H]1CCc2nccn2C1. The minimum Gasteiger partial charge on any atom is -0.335 e. The number of aromatic nitrogens is 5. The molecule has 120 valence electrons. The van der Waals surface area contributed by atoms with Crippen LogP contribution in [0.1, 0.15) is 31.9 Å². The Kier molecular flexibility index (Phi) is 4.57. The summed E-state index contributed by atoms with van der Waals surface area (Å²) in [5.41, 5.74) is 0. The largest absolute Gasteiger partial charge is 0.335 e. The highest BCUT2D eigenvalue weighted by molar-refractivity contribution is 4.97. The monoisotopic (exact) mass is 302 g/mol. The second-order valence-electron chi connectivity index (χ2n) is 6.85. The molecule has 0 fully saturated rings. The third-order valence-electron chi connectivity index (χ3n) is 4.25. The molecule has 0 N–H and O–H groups in total. The topological polar surface area (TPSA) is 51.8 Å². The first-order valence-electron chi connectivity index (χ1n) is 8.17. The van der Waals surface area contributed by atoms with Crippen molar-refractivity contribution in [1.82, 2.24) is 29.2 Å². The van der Waals surface area contributed by atoms with Gasteiger partial charge >= 0.3 is 0 Å². The molecule has 1 atom stereocenters. The lowest BCUT2D eigenvalue weighted by molar-refractivity contribution is 0.221. The maximum atomic E-state index is 4.42. The molecule has 2 aromatic heterocycles. The summed E-state index contributed by atoms with van der Waals surface area (Å²) in [6.45, 7) is 8.38. The predicted molar refractivity (Wildman–Crippen MR) is 85.2 cm³/mol. The third kappa shape index (κ3) is 3.55. The van der Waals surface area contributed by atoms with Crippen LogP contribution in [0.25, 0.3) is 0 Å². The second-order valence-corrected chi connectivity index (χ2v) is 6.85. The van der Waals surface area contributed by atoms with Crippen molar-refractivity contribution in [2.24, 2.45) is 11.8 Å². The van der Waals surface area contributed by atoms with E-state index in [9.17, 15) is 0 Å². The van der Waals surface area contributed by atoms with Crippen molar-refractivity contribution in [3.8, 4) is 0 Å². The Bertz CT molecular complexity index is 599. The highest BCUT2D eigenvalue weighted by atomic mass is 15.3. The number of hydrogen-bond acceptors (Lipinski definition) is 4. The van der Waals surface area contributed by atoms with Gasteiger partial charge in [-0.3, -0.25) is 4.90 Å². The summed E-state index contributed by atoms with van der Waals surface area (Å²) in [5, 5.41) is 4.35. The highest BCUT2D eigenvalue weighted by Crippen LogP contribution is 2.19. The van der Waals surface area contributed by atoms with Crippen molar-refractivity contribution in [2.45, 2.75) is 46.3 Å². The van der Waals surface area contributed by atoms with E-state index in [0.29, 0.717) is 11.8 Å². The first-order valence-corrected chi connectivity index (χ1v) is 8.17. The van der Waals surface area contributed by atoms with Crippen LogP contribution in [0.5, 0.6) is 0 Å². The summed E-state index contributed by atoms with van der Waals surface area (Å²) < 4.78 is 4.33. The first-order chi connectivity index (χ1) is 10.6. The van der Waals surface area contributed by atoms with E-state index in [1.165, 1.54) is 12.2 Å². The van der Waals surface area contributed by atoms with Gasteiger partial charge in [0.2, 0.25) is 0 Å². The molecule has 6 nitrogen and oxygen atoms in total. The van der Waals surface area contributed by atoms with E-state index in [1.54, 1.807) is 6.33 Å². The lowest BCUT2D eigenvalue weighted by Crippen LogP contribution is -2.32. The number of rotatable bonds is 6. The average Bonchev–Trinajstić information content (AvgIpc) is 3.07. The van der Waals surface area contributed by atoms with Gasteiger partial charge in [-0.15, -0.1) is 0 Å². The van der Waals surface area contributed by atoms with Crippen LogP contribution in [0.2, 0.25) is 0 Å². The Morgan fingerprint density at radius 2 is 2.23 bits per heavy atom. The number of imidazole rings is 1. The second kappa shape index (κ2) is 6.60. The Hall–Kier alpha value is -1.69. The molecule has 22 heavy (non-hydrogen) atoms. The molecule has 1 aliphatic heterocycles. The van der Waals surface area contributed by atoms with Crippen molar-refractivity contribution in [1.29, 1.82) is 0 Å². The van der Waals surface area contributed by atoms with Crippen LogP contribution in [0, 0.1) is 11.8 Å². The summed E-state index contributed by atoms with van der Waals surface area (Å²) in [6.07, 6.45) is 8.00. The lowest BCUT2D eigenvalue weighted by atomic mass is 9.99. The molecule has 1 aliphatic rings. The summed E-state index contributed by atoms with van der Waals surface area (Å²) in [7, 11) is 2.18. The fourth-order valence-corrected chi connectivity index (χ4v) is 3.24. The van der Waals surface area contributed by atoms with Crippen molar-refractivity contribution in [2.75, 3.05) is 13.6 Å². The minimum atomic E-state index is 0.587. The standard InChI is InChI=1S/C16H26N6/c1-13(2)8-22-16(18-12-19-22)11-20(3)9-14-4-5-15-17-6-7-21(15)10-14/h6-7,12-14H,4-5,8-11H2,1-3H3/t14-/m0/s1. The molecule has 0 spiro atoms. The zero-order valence-electron chi connectivity index (χ0n) is 13.8. The molecule has 0 radical (unpaired) electrons. The summed E-state index contributed by atoms with van der Waals surface area (Å²) >= 11 is 0. The van der Waals surface area contributed by atoms with E-state index in [-0.39, 0.29) is 0 Å². The molecule has 3 rings (SSSR count). The number of nitrogens with zero attached hydrogens (tertiary/aromatic N) is 6. The van der Waals surface area contributed by atoms with Gasteiger partial charge in [-0.2, -0.15) is 5.10 Å². The average molecular weight is 302 g/mol. The van der Waals surface area contributed by atoms with Gasteiger partial charge in [-0.1, -0.05) is 13.8 Å². The van der Waals surface area contributed by atoms with Crippen molar-refractivity contribution < 1.29 is 0 Å². The Morgan fingerprint density at radius 3 is 3.05 bits per heavy atom. The lowest BCUT2D eigenvalue weighted by Gasteiger charge is -2.28. The number of aryl methyl sites for hydroxylation is 1. The summed E-state index contributed by atoms with van der Waals surface area (Å²) in [6, 6.07) is 0.